The quantitative estimate of drug-likeness (QED) is 0.785. The molecule has 1 aromatic rings. The zero-order chi connectivity index (χ0) is 12.5. The zero-order valence-corrected chi connectivity index (χ0v) is 10.4. The van der Waals surface area contributed by atoms with Crippen LogP contribution in [0.15, 0.2) is 36.5 Å². The first-order valence-electron chi connectivity index (χ1n) is 5.70. The van der Waals surface area contributed by atoms with E-state index in [0.717, 1.165) is 5.69 Å². The first-order chi connectivity index (χ1) is 8.00. The van der Waals surface area contributed by atoms with Crippen LogP contribution in [0.3, 0.4) is 0 Å². The van der Waals surface area contributed by atoms with Gasteiger partial charge in [0.2, 0.25) is 0 Å². The first-order valence-corrected chi connectivity index (χ1v) is 5.70. The lowest BCUT2D eigenvalue weighted by Gasteiger charge is -2.38. The van der Waals surface area contributed by atoms with Crippen LogP contribution in [0.2, 0.25) is 0 Å². The molecule has 1 atom stereocenters. The Balaban J connectivity index is 2.47. The van der Waals surface area contributed by atoms with E-state index in [9.17, 15) is 4.79 Å². The third-order valence-electron chi connectivity index (χ3n) is 3.34. The van der Waals surface area contributed by atoms with Gasteiger partial charge in [-0.25, -0.2) is 0 Å². The summed E-state index contributed by atoms with van der Waals surface area (Å²) in [5.41, 5.74) is -0.152. The number of carbonyl (C=O) groups is 1. The molecule has 0 amide bonds. The smallest absolute Gasteiger partial charge is 0.161 e. The Labute approximate surface area is 102 Å². The number of rotatable bonds is 2. The van der Waals surface area contributed by atoms with Crippen molar-refractivity contribution in [1.29, 1.82) is 0 Å². The Kier molecular flexibility index (Phi) is 2.87. The lowest BCUT2D eigenvalue weighted by molar-refractivity contribution is -0.128. The molecule has 1 unspecified atom stereocenters. The highest BCUT2D eigenvalue weighted by Gasteiger charge is 2.43. The molecule has 1 aliphatic rings. The summed E-state index contributed by atoms with van der Waals surface area (Å²) >= 11 is 0. The van der Waals surface area contributed by atoms with Crippen molar-refractivity contribution < 1.29 is 9.53 Å². The summed E-state index contributed by atoms with van der Waals surface area (Å²) < 4.78 is 5.65. The van der Waals surface area contributed by atoms with Crippen LogP contribution in [0, 0.1) is 5.41 Å². The lowest BCUT2D eigenvalue weighted by atomic mass is 9.71. The summed E-state index contributed by atoms with van der Waals surface area (Å²) in [5.74, 6) is 0.140. The minimum Gasteiger partial charge on any atom is -0.368 e. The van der Waals surface area contributed by atoms with E-state index in [4.69, 9.17) is 4.74 Å². The number of hydrogen-bond donors (Lipinski definition) is 0. The highest BCUT2D eigenvalue weighted by Crippen LogP contribution is 2.42. The summed E-state index contributed by atoms with van der Waals surface area (Å²) in [7, 11) is 1.66. The maximum atomic E-state index is 11.8. The fourth-order valence-corrected chi connectivity index (χ4v) is 2.27. The van der Waals surface area contributed by atoms with Gasteiger partial charge in [0.05, 0.1) is 5.69 Å². The van der Waals surface area contributed by atoms with Gasteiger partial charge in [-0.15, -0.1) is 0 Å². The normalized spacial score (nSPS) is 27.1. The van der Waals surface area contributed by atoms with Crippen LogP contribution in [0.25, 0.3) is 0 Å². The molecule has 0 radical (unpaired) electrons. The molecule has 0 aromatic carbocycles. The van der Waals surface area contributed by atoms with Crippen LogP contribution in [0.1, 0.15) is 26.0 Å². The van der Waals surface area contributed by atoms with Crippen LogP contribution in [-0.2, 0) is 15.1 Å². The summed E-state index contributed by atoms with van der Waals surface area (Å²) in [6.45, 7) is 3.88. The van der Waals surface area contributed by atoms with Crippen molar-refractivity contribution in [1.82, 2.24) is 4.98 Å². The predicted molar refractivity (Wildman–Crippen MR) is 65.5 cm³/mol. The van der Waals surface area contributed by atoms with Crippen molar-refractivity contribution in [3.63, 3.8) is 0 Å². The Morgan fingerprint density at radius 1 is 1.35 bits per heavy atom. The van der Waals surface area contributed by atoms with Crippen molar-refractivity contribution in [2.24, 2.45) is 5.41 Å². The fourth-order valence-electron chi connectivity index (χ4n) is 2.27. The summed E-state index contributed by atoms with van der Waals surface area (Å²) in [6, 6.07) is 5.73. The maximum absolute atomic E-state index is 11.8. The number of ether oxygens (including phenoxy) is 1. The molecule has 90 valence electrons. The topological polar surface area (TPSA) is 39.2 Å². The second-order valence-electron chi connectivity index (χ2n) is 5.07. The first kappa shape index (κ1) is 12.0. The average Bonchev–Trinajstić information content (AvgIpc) is 2.34. The number of methoxy groups -OCH3 is 1. The maximum Gasteiger partial charge on any atom is 0.161 e. The molecular weight excluding hydrogens is 214 g/mol. The van der Waals surface area contributed by atoms with E-state index < -0.39 is 11.0 Å². The zero-order valence-electron chi connectivity index (χ0n) is 10.4. The molecule has 3 heteroatoms. The summed E-state index contributed by atoms with van der Waals surface area (Å²) in [4.78, 5) is 16.1. The molecule has 2 rings (SSSR count). The highest BCUT2D eigenvalue weighted by molar-refractivity contribution is 5.95. The molecule has 0 saturated carbocycles. The fraction of sp³-hybridized carbons (Fsp3) is 0.429. The second-order valence-corrected chi connectivity index (χ2v) is 5.07. The van der Waals surface area contributed by atoms with E-state index >= 15 is 0 Å². The molecule has 0 saturated heterocycles. The average molecular weight is 231 g/mol. The molecule has 0 aliphatic heterocycles. The molecule has 17 heavy (non-hydrogen) atoms. The van der Waals surface area contributed by atoms with E-state index in [2.05, 4.69) is 4.98 Å². The van der Waals surface area contributed by atoms with Gasteiger partial charge in [0.25, 0.3) is 0 Å². The van der Waals surface area contributed by atoms with E-state index in [1.165, 1.54) is 0 Å². The second kappa shape index (κ2) is 4.08. The van der Waals surface area contributed by atoms with Gasteiger partial charge in [-0.2, -0.15) is 0 Å². The van der Waals surface area contributed by atoms with Gasteiger partial charge in [0, 0.05) is 18.7 Å². The number of aromatic nitrogens is 1. The Morgan fingerprint density at radius 3 is 2.65 bits per heavy atom. The standard InChI is InChI=1S/C14H17NO2/c1-13(2)10-14(17-3,8-7-12(13)16)11-6-4-5-9-15-11/h4-9H,10H2,1-3H3. The van der Waals surface area contributed by atoms with Gasteiger partial charge in [0.15, 0.2) is 5.78 Å². The molecule has 0 spiro atoms. The van der Waals surface area contributed by atoms with Crippen LogP contribution < -0.4 is 0 Å². The third kappa shape index (κ3) is 2.03. The number of allylic oxidation sites excluding steroid dienone is 1. The monoisotopic (exact) mass is 231 g/mol. The number of carbonyl (C=O) groups excluding carboxylic acids is 1. The number of nitrogens with zero attached hydrogens (tertiary/aromatic N) is 1. The van der Waals surface area contributed by atoms with Crippen molar-refractivity contribution in [2.45, 2.75) is 25.9 Å². The molecule has 1 heterocycles. The Hall–Kier alpha value is -1.48. The predicted octanol–water partition coefficient (Wildman–Crippen LogP) is 2.48. The third-order valence-corrected chi connectivity index (χ3v) is 3.34. The Bertz CT molecular complexity index is 451. The largest absolute Gasteiger partial charge is 0.368 e. The van der Waals surface area contributed by atoms with Gasteiger partial charge in [0.1, 0.15) is 5.60 Å². The van der Waals surface area contributed by atoms with Crippen LogP contribution in [-0.4, -0.2) is 17.9 Å². The van der Waals surface area contributed by atoms with Gasteiger partial charge in [-0.1, -0.05) is 19.9 Å². The van der Waals surface area contributed by atoms with E-state index in [0.29, 0.717) is 6.42 Å². The van der Waals surface area contributed by atoms with Crippen molar-refractivity contribution in [2.75, 3.05) is 7.11 Å². The minimum absolute atomic E-state index is 0.140. The molecular formula is C14H17NO2. The summed E-state index contributed by atoms with van der Waals surface area (Å²) in [6.07, 6.45) is 5.79. The van der Waals surface area contributed by atoms with E-state index in [1.54, 1.807) is 19.4 Å². The van der Waals surface area contributed by atoms with Crippen LogP contribution in [0.5, 0.6) is 0 Å². The number of pyridine rings is 1. The van der Waals surface area contributed by atoms with Crippen molar-refractivity contribution in [3.8, 4) is 0 Å². The van der Waals surface area contributed by atoms with E-state index in [1.807, 2.05) is 38.1 Å². The van der Waals surface area contributed by atoms with Gasteiger partial charge in [-0.3, -0.25) is 9.78 Å². The van der Waals surface area contributed by atoms with Crippen molar-refractivity contribution in [3.05, 3.63) is 42.2 Å². The molecule has 1 aliphatic carbocycles. The van der Waals surface area contributed by atoms with Crippen LogP contribution >= 0.6 is 0 Å². The molecule has 0 N–H and O–H groups in total. The SMILES string of the molecule is COC1(c2ccccn2)C=CC(=O)C(C)(C)C1. The van der Waals surface area contributed by atoms with Crippen molar-refractivity contribution >= 4 is 5.78 Å². The van der Waals surface area contributed by atoms with Gasteiger partial charge in [-0.05, 0) is 30.7 Å². The van der Waals surface area contributed by atoms with Gasteiger partial charge < -0.3 is 4.74 Å². The van der Waals surface area contributed by atoms with Crippen LogP contribution in [0.4, 0.5) is 0 Å². The summed E-state index contributed by atoms with van der Waals surface area (Å²) in [5, 5.41) is 0. The minimum atomic E-state index is -0.585. The molecule has 0 fully saturated rings. The number of hydrogen-bond acceptors (Lipinski definition) is 3. The van der Waals surface area contributed by atoms with E-state index in [-0.39, 0.29) is 5.78 Å². The molecule has 3 nitrogen and oxygen atoms in total. The number of ketones is 1. The van der Waals surface area contributed by atoms with Gasteiger partial charge >= 0.3 is 0 Å². The highest BCUT2D eigenvalue weighted by atomic mass is 16.5. The lowest BCUT2D eigenvalue weighted by Crippen LogP contribution is -2.40. The molecule has 1 aromatic heterocycles. The Morgan fingerprint density at radius 2 is 2.12 bits per heavy atom. The molecule has 0 bridgehead atoms.